The van der Waals surface area contributed by atoms with Crippen LogP contribution in [0.1, 0.15) is 33.7 Å². The topological polar surface area (TPSA) is 65.2 Å². The maximum atomic E-state index is 12.7. The number of esters is 1. The van der Waals surface area contributed by atoms with E-state index in [1.165, 1.54) is 20.1 Å². The minimum absolute atomic E-state index is 0.0347. The molecule has 1 aromatic rings. The molecule has 1 heterocycles. The molecule has 2 N–H and O–H groups in total. The summed E-state index contributed by atoms with van der Waals surface area (Å²) in [4.78, 5) is 15.1. The van der Waals surface area contributed by atoms with Gasteiger partial charge in [-0.05, 0) is 13.0 Å². The van der Waals surface area contributed by atoms with Gasteiger partial charge in [0.25, 0.3) is 6.43 Å². The van der Waals surface area contributed by atoms with Gasteiger partial charge in [-0.3, -0.25) is 4.98 Å². The second-order valence-corrected chi connectivity index (χ2v) is 3.17. The molecule has 6 heteroatoms. The molecule has 0 aliphatic heterocycles. The van der Waals surface area contributed by atoms with Crippen molar-refractivity contribution in [2.24, 2.45) is 5.73 Å². The van der Waals surface area contributed by atoms with Crippen molar-refractivity contribution in [2.45, 2.75) is 19.9 Å². The minimum atomic E-state index is -2.76. The zero-order chi connectivity index (χ0) is 12.3. The van der Waals surface area contributed by atoms with Gasteiger partial charge in [0.1, 0.15) is 5.69 Å². The lowest BCUT2D eigenvalue weighted by Crippen LogP contribution is -2.14. The average Bonchev–Trinajstić information content (AvgIpc) is 2.26. The average molecular weight is 230 g/mol. The fourth-order valence-corrected chi connectivity index (χ4v) is 1.41. The number of pyridine rings is 1. The second-order valence-electron chi connectivity index (χ2n) is 3.17. The number of nitrogens with zero attached hydrogens (tertiary/aromatic N) is 1. The Morgan fingerprint density at radius 3 is 2.69 bits per heavy atom. The van der Waals surface area contributed by atoms with Gasteiger partial charge in [-0.2, -0.15) is 0 Å². The van der Waals surface area contributed by atoms with Crippen molar-refractivity contribution in [2.75, 3.05) is 7.11 Å². The van der Waals surface area contributed by atoms with Crippen molar-refractivity contribution in [1.29, 1.82) is 0 Å². The highest BCUT2D eigenvalue weighted by Gasteiger charge is 2.21. The molecule has 1 rings (SSSR count). The van der Waals surface area contributed by atoms with Crippen LogP contribution in [0.25, 0.3) is 0 Å². The molecular weight excluding hydrogens is 218 g/mol. The summed E-state index contributed by atoms with van der Waals surface area (Å²) in [5.74, 6) is -0.687. The first kappa shape index (κ1) is 12.5. The molecule has 0 fully saturated rings. The Labute approximate surface area is 91.4 Å². The highest BCUT2D eigenvalue weighted by Crippen LogP contribution is 2.24. The molecule has 0 saturated heterocycles. The Kier molecular flexibility index (Phi) is 3.89. The number of methoxy groups -OCH3 is 1. The van der Waals surface area contributed by atoms with E-state index in [0.717, 1.165) is 0 Å². The Morgan fingerprint density at radius 1 is 1.62 bits per heavy atom. The molecule has 16 heavy (non-hydrogen) atoms. The van der Waals surface area contributed by atoms with E-state index >= 15 is 0 Å². The van der Waals surface area contributed by atoms with E-state index < -0.39 is 18.1 Å². The first-order valence-corrected chi connectivity index (χ1v) is 4.58. The van der Waals surface area contributed by atoms with Crippen LogP contribution in [-0.2, 0) is 11.3 Å². The lowest BCUT2D eigenvalue weighted by Gasteiger charge is -2.11. The third-order valence-corrected chi connectivity index (χ3v) is 2.10. The SMILES string of the molecule is COC(=O)c1cc(C)nc(C(F)F)c1CN. The molecule has 0 aliphatic rings. The molecular formula is C10H12F2N2O2. The van der Waals surface area contributed by atoms with Crippen molar-refractivity contribution in [1.82, 2.24) is 4.98 Å². The first-order chi connectivity index (χ1) is 7.51. The van der Waals surface area contributed by atoms with Gasteiger partial charge in [0.05, 0.1) is 12.7 Å². The number of ether oxygens (including phenoxy) is 1. The van der Waals surface area contributed by atoms with Crippen LogP contribution in [0.3, 0.4) is 0 Å². The molecule has 0 amide bonds. The highest BCUT2D eigenvalue weighted by atomic mass is 19.3. The number of hydrogen-bond acceptors (Lipinski definition) is 4. The smallest absolute Gasteiger partial charge is 0.338 e. The van der Waals surface area contributed by atoms with E-state index in [4.69, 9.17) is 5.73 Å². The molecule has 0 atom stereocenters. The number of alkyl halides is 2. The van der Waals surface area contributed by atoms with Gasteiger partial charge >= 0.3 is 5.97 Å². The van der Waals surface area contributed by atoms with Gasteiger partial charge in [0.15, 0.2) is 0 Å². The number of halogens is 2. The third-order valence-electron chi connectivity index (χ3n) is 2.10. The molecule has 0 aliphatic carbocycles. The number of aryl methyl sites for hydroxylation is 1. The Bertz CT molecular complexity index is 408. The van der Waals surface area contributed by atoms with E-state index in [-0.39, 0.29) is 17.7 Å². The zero-order valence-electron chi connectivity index (χ0n) is 8.96. The van der Waals surface area contributed by atoms with Crippen molar-refractivity contribution < 1.29 is 18.3 Å². The summed E-state index contributed by atoms with van der Waals surface area (Å²) in [7, 11) is 1.18. The molecule has 1 aromatic heterocycles. The number of carbonyl (C=O) groups excluding carboxylic acids is 1. The van der Waals surface area contributed by atoms with Gasteiger partial charge in [-0.25, -0.2) is 13.6 Å². The summed E-state index contributed by atoms with van der Waals surface area (Å²) < 4.78 is 29.8. The summed E-state index contributed by atoms with van der Waals surface area (Å²) in [6, 6.07) is 1.39. The summed E-state index contributed by atoms with van der Waals surface area (Å²) in [6.45, 7) is 1.34. The quantitative estimate of drug-likeness (QED) is 0.800. The molecule has 0 spiro atoms. The summed E-state index contributed by atoms with van der Waals surface area (Å²) >= 11 is 0. The summed E-state index contributed by atoms with van der Waals surface area (Å²) in [6.07, 6.45) is -2.76. The monoisotopic (exact) mass is 230 g/mol. The molecule has 0 aromatic carbocycles. The number of nitrogens with two attached hydrogens (primary N) is 1. The van der Waals surface area contributed by atoms with E-state index in [9.17, 15) is 13.6 Å². The predicted octanol–water partition coefficient (Wildman–Crippen LogP) is 1.57. The maximum absolute atomic E-state index is 12.7. The largest absolute Gasteiger partial charge is 0.465 e. The minimum Gasteiger partial charge on any atom is -0.465 e. The fraction of sp³-hybridized carbons (Fsp3) is 0.400. The van der Waals surface area contributed by atoms with Crippen molar-refractivity contribution in [3.8, 4) is 0 Å². The van der Waals surface area contributed by atoms with Crippen LogP contribution in [-0.4, -0.2) is 18.1 Å². The second kappa shape index (κ2) is 4.98. The lowest BCUT2D eigenvalue weighted by atomic mass is 10.1. The van der Waals surface area contributed by atoms with Crippen LogP contribution >= 0.6 is 0 Å². The van der Waals surface area contributed by atoms with Crippen molar-refractivity contribution in [3.63, 3.8) is 0 Å². The number of carbonyl (C=O) groups is 1. The molecule has 0 radical (unpaired) electrons. The highest BCUT2D eigenvalue weighted by molar-refractivity contribution is 5.91. The Morgan fingerprint density at radius 2 is 2.25 bits per heavy atom. The van der Waals surface area contributed by atoms with Crippen molar-refractivity contribution >= 4 is 5.97 Å². The van der Waals surface area contributed by atoms with Gasteiger partial charge in [-0.15, -0.1) is 0 Å². The molecule has 88 valence electrons. The standard InChI is InChI=1S/C10H12F2N2O2/c1-5-3-6(10(15)16-2)7(4-13)8(14-5)9(11)12/h3,9H,4,13H2,1-2H3. The van der Waals surface area contributed by atoms with Crippen LogP contribution in [0.4, 0.5) is 8.78 Å². The summed E-state index contributed by atoms with van der Waals surface area (Å²) in [5.41, 5.74) is 5.31. The number of hydrogen-bond donors (Lipinski definition) is 1. The van der Waals surface area contributed by atoms with Gasteiger partial charge in [0, 0.05) is 17.8 Å². The molecule has 0 saturated carbocycles. The van der Waals surface area contributed by atoms with E-state index in [0.29, 0.717) is 5.69 Å². The van der Waals surface area contributed by atoms with Gasteiger partial charge in [-0.1, -0.05) is 0 Å². The lowest BCUT2D eigenvalue weighted by molar-refractivity contribution is 0.0598. The molecule has 0 unspecified atom stereocenters. The van der Waals surface area contributed by atoms with Gasteiger partial charge < -0.3 is 10.5 Å². The third kappa shape index (κ3) is 2.33. The van der Waals surface area contributed by atoms with Crippen LogP contribution < -0.4 is 5.73 Å². The van der Waals surface area contributed by atoms with E-state index in [1.807, 2.05) is 0 Å². The number of rotatable bonds is 3. The van der Waals surface area contributed by atoms with E-state index in [1.54, 1.807) is 0 Å². The van der Waals surface area contributed by atoms with Crippen LogP contribution in [0.15, 0.2) is 6.07 Å². The Balaban J connectivity index is 3.41. The normalized spacial score (nSPS) is 10.6. The van der Waals surface area contributed by atoms with Crippen LogP contribution in [0, 0.1) is 6.92 Å². The number of aromatic nitrogens is 1. The van der Waals surface area contributed by atoms with Gasteiger partial charge in [0.2, 0.25) is 0 Å². The first-order valence-electron chi connectivity index (χ1n) is 4.58. The van der Waals surface area contributed by atoms with Crippen LogP contribution in [0.2, 0.25) is 0 Å². The van der Waals surface area contributed by atoms with Crippen LogP contribution in [0.5, 0.6) is 0 Å². The molecule has 0 bridgehead atoms. The maximum Gasteiger partial charge on any atom is 0.338 e. The molecule has 4 nitrogen and oxygen atoms in total. The Hall–Kier alpha value is -1.56. The fourth-order valence-electron chi connectivity index (χ4n) is 1.41. The predicted molar refractivity (Wildman–Crippen MR) is 53.2 cm³/mol. The van der Waals surface area contributed by atoms with Crippen molar-refractivity contribution in [3.05, 3.63) is 28.6 Å². The van der Waals surface area contributed by atoms with E-state index in [2.05, 4.69) is 9.72 Å². The zero-order valence-corrected chi connectivity index (χ0v) is 8.96. The summed E-state index contributed by atoms with van der Waals surface area (Å²) in [5, 5.41) is 0.